The molecule has 0 bridgehead atoms. The fourth-order valence-corrected chi connectivity index (χ4v) is 1.17. The van der Waals surface area contributed by atoms with E-state index in [1.165, 1.54) is 24.9 Å². The van der Waals surface area contributed by atoms with E-state index in [4.69, 9.17) is 11.5 Å². The van der Waals surface area contributed by atoms with Crippen LogP contribution in [0.4, 0.5) is 11.6 Å². The van der Waals surface area contributed by atoms with Gasteiger partial charge in [-0.05, 0) is 6.07 Å². The number of anilines is 2. The second-order valence-corrected chi connectivity index (χ2v) is 3.19. The molecule has 3 rings (SSSR count). The van der Waals surface area contributed by atoms with E-state index in [0.717, 1.165) is 0 Å². The van der Waals surface area contributed by atoms with Gasteiger partial charge in [0.1, 0.15) is 17.7 Å². The molecule has 0 aliphatic carbocycles. The molecule has 0 aliphatic heterocycles. The molecule has 92 valence electrons. The summed E-state index contributed by atoms with van der Waals surface area (Å²) >= 11 is 0. The molecule has 0 unspecified atom stereocenters. The molecule has 0 fully saturated rings. The highest BCUT2D eigenvalue weighted by Crippen LogP contribution is 2.09. The highest BCUT2D eigenvalue weighted by atomic mass is 16.1. The number of imidazole rings is 1. The molecule has 0 amide bonds. The number of H-pyrrole nitrogens is 2. The summed E-state index contributed by atoms with van der Waals surface area (Å²) in [7, 11) is 0. The van der Waals surface area contributed by atoms with Crippen LogP contribution in [0.25, 0.3) is 11.2 Å². The number of nitrogens with two attached hydrogens (primary N) is 2. The molecule has 0 radical (unpaired) electrons. The maximum atomic E-state index is 10.2. The van der Waals surface area contributed by atoms with Crippen LogP contribution in [0.2, 0.25) is 0 Å². The van der Waals surface area contributed by atoms with Crippen molar-refractivity contribution < 1.29 is 0 Å². The van der Waals surface area contributed by atoms with Crippen LogP contribution < -0.4 is 17.2 Å². The quantitative estimate of drug-likeness (QED) is 0.408. The second kappa shape index (κ2) is 4.91. The molecule has 0 saturated heterocycles. The smallest absolute Gasteiger partial charge is 0.346 e. The van der Waals surface area contributed by atoms with E-state index in [-0.39, 0.29) is 0 Å². The average molecular weight is 246 g/mol. The molecule has 3 aromatic rings. The predicted octanol–water partition coefficient (Wildman–Crippen LogP) is -0.713. The first-order valence-electron chi connectivity index (χ1n) is 4.87. The normalized spacial score (nSPS) is 9.78. The minimum absolute atomic E-state index is 0.338. The van der Waals surface area contributed by atoms with Crippen LogP contribution in [-0.2, 0) is 0 Å². The van der Waals surface area contributed by atoms with Crippen molar-refractivity contribution in [3.05, 3.63) is 35.4 Å². The highest BCUT2D eigenvalue weighted by Gasteiger charge is 1.99. The zero-order valence-electron chi connectivity index (χ0n) is 9.16. The third kappa shape index (κ3) is 2.58. The lowest BCUT2D eigenvalue weighted by atomic mass is 10.5. The van der Waals surface area contributed by atoms with Gasteiger partial charge in [-0.1, -0.05) is 0 Å². The lowest BCUT2D eigenvalue weighted by molar-refractivity contribution is 1.08. The lowest BCUT2D eigenvalue weighted by Crippen LogP contribution is -2.10. The number of nitrogens with one attached hydrogen (secondary N) is 2. The molecule has 0 atom stereocenters. The Morgan fingerprint density at radius 3 is 2.56 bits per heavy atom. The monoisotopic (exact) mass is 246 g/mol. The van der Waals surface area contributed by atoms with Crippen molar-refractivity contribution in [3.8, 4) is 0 Å². The van der Waals surface area contributed by atoms with Gasteiger partial charge in [0.2, 0.25) is 0 Å². The summed E-state index contributed by atoms with van der Waals surface area (Å²) in [4.78, 5) is 30.2. The summed E-state index contributed by atoms with van der Waals surface area (Å²) in [6.07, 6.45) is 4.28. The summed E-state index contributed by atoms with van der Waals surface area (Å²) in [5.41, 5.74) is 11.5. The molecule has 9 nitrogen and oxygen atoms in total. The van der Waals surface area contributed by atoms with E-state index >= 15 is 0 Å². The third-order valence-corrected chi connectivity index (χ3v) is 1.95. The number of fused-ring (bicyclic) bond motifs is 1. The first-order valence-corrected chi connectivity index (χ1v) is 4.87. The topological polar surface area (TPSA) is 152 Å². The summed E-state index contributed by atoms with van der Waals surface area (Å²) in [5, 5.41) is 0. The van der Waals surface area contributed by atoms with Crippen molar-refractivity contribution in [3.63, 3.8) is 0 Å². The van der Waals surface area contributed by atoms with Crippen LogP contribution in [0.3, 0.4) is 0 Å². The van der Waals surface area contributed by atoms with E-state index in [0.29, 0.717) is 22.8 Å². The summed E-state index contributed by atoms with van der Waals surface area (Å²) in [6, 6.07) is 1.52. The Labute approximate surface area is 100 Å². The van der Waals surface area contributed by atoms with Crippen molar-refractivity contribution in [2.24, 2.45) is 0 Å². The van der Waals surface area contributed by atoms with Gasteiger partial charge in [-0.25, -0.2) is 24.7 Å². The number of aromatic amines is 2. The standard InChI is InChI=1S/C5H5N5.C4H5N3O/c6-4-3-5(9-1-7-3)10-2-8-4;5-3-1-2-6-4(8)7-3/h1-2H,(H3,6,7,8,9,10);1-2H,(H3,5,6,7,8). The van der Waals surface area contributed by atoms with E-state index in [9.17, 15) is 4.79 Å². The second-order valence-electron chi connectivity index (χ2n) is 3.19. The number of rotatable bonds is 0. The lowest BCUT2D eigenvalue weighted by Gasteiger charge is -1.89. The van der Waals surface area contributed by atoms with Crippen molar-refractivity contribution in [1.29, 1.82) is 0 Å². The van der Waals surface area contributed by atoms with Gasteiger partial charge in [-0.3, -0.25) is 4.98 Å². The number of hydrogen-bond acceptors (Lipinski definition) is 7. The van der Waals surface area contributed by atoms with Gasteiger partial charge in [0.15, 0.2) is 11.5 Å². The van der Waals surface area contributed by atoms with Crippen molar-refractivity contribution in [2.45, 2.75) is 0 Å². The molecule has 9 heteroatoms. The molecule has 0 aromatic carbocycles. The van der Waals surface area contributed by atoms with Crippen LogP contribution in [-0.4, -0.2) is 29.9 Å². The Morgan fingerprint density at radius 1 is 1.11 bits per heavy atom. The molecular weight excluding hydrogens is 236 g/mol. The van der Waals surface area contributed by atoms with Gasteiger partial charge >= 0.3 is 5.69 Å². The van der Waals surface area contributed by atoms with Crippen molar-refractivity contribution >= 4 is 22.8 Å². The number of nitrogens with zero attached hydrogens (tertiary/aromatic N) is 4. The van der Waals surface area contributed by atoms with Crippen LogP contribution in [0.15, 0.2) is 29.7 Å². The minimum atomic E-state index is -0.412. The zero-order valence-corrected chi connectivity index (χ0v) is 9.16. The molecule has 0 saturated carbocycles. The summed E-state index contributed by atoms with van der Waals surface area (Å²) in [5.74, 6) is 0.771. The first kappa shape index (κ1) is 11.5. The predicted molar refractivity (Wildman–Crippen MR) is 65.4 cm³/mol. The van der Waals surface area contributed by atoms with E-state index in [1.807, 2.05) is 0 Å². The zero-order chi connectivity index (χ0) is 13.0. The van der Waals surface area contributed by atoms with Gasteiger partial charge in [0, 0.05) is 6.20 Å². The van der Waals surface area contributed by atoms with E-state index in [1.54, 1.807) is 0 Å². The van der Waals surface area contributed by atoms with Gasteiger partial charge in [-0.2, -0.15) is 0 Å². The maximum absolute atomic E-state index is 10.2. The molecule has 0 spiro atoms. The fraction of sp³-hybridized carbons (Fsp3) is 0. The molecule has 3 aromatic heterocycles. The molecule has 0 aliphatic rings. The van der Waals surface area contributed by atoms with E-state index in [2.05, 4.69) is 29.9 Å². The highest BCUT2D eigenvalue weighted by molar-refractivity contribution is 5.80. The minimum Gasteiger partial charge on any atom is -0.385 e. The SMILES string of the molecule is Nc1ccnc(=O)[nH]1.Nc1ncnc2nc[nH]c12. The summed E-state index contributed by atoms with van der Waals surface area (Å²) < 4.78 is 0. The number of nitrogen functional groups attached to an aromatic ring is 2. The van der Waals surface area contributed by atoms with Crippen LogP contribution in [0, 0.1) is 0 Å². The van der Waals surface area contributed by atoms with Crippen LogP contribution in [0.1, 0.15) is 0 Å². The summed E-state index contributed by atoms with van der Waals surface area (Å²) in [6.45, 7) is 0. The number of aromatic nitrogens is 6. The Hall–Kier alpha value is -2.97. The Bertz CT molecular complexity index is 703. The van der Waals surface area contributed by atoms with E-state index < -0.39 is 5.69 Å². The Balaban J connectivity index is 0.000000138. The van der Waals surface area contributed by atoms with Crippen LogP contribution in [0.5, 0.6) is 0 Å². The van der Waals surface area contributed by atoms with Crippen molar-refractivity contribution in [2.75, 3.05) is 11.5 Å². The Morgan fingerprint density at radius 2 is 1.94 bits per heavy atom. The average Bonchev–Trinajstić information content (AvgIpc) is 2.79. The largest absolute Gasteiger partial charge is 0.385 e. The fourth-order valence-electron chi connectivity index (χ4n) is 1.17. The van der Waals surface area contributed by atoms with Gasteiger partial charge in [0.25, 0.3) is 0 Å². The van der Waals surface area contributed by atoms with Gasteiger partial charge in [-0.15, -0.1) is 0 Å². The maximum Gasteiger partial charge on any atom is 0.346 e. The number of hydrogen-bond donors (Lipinski definition) is 4. The van der Waals surface area contributed by atoms with Gasteiger partial charge < -0.3 is 16.5 Å². The van der Waals surface area contributed by atoms with Crippen LogP contribution >= 0.6 is 0 Å². The van der Waals surface area contributed by atoms with Gasteiger partial charge in [0.05, 0.1) is 6.33 Å². The molecular formula is C9H10N8O. The van der Waals surface area contributed by atoms with Crippen molar-refractivity contribution in [1.82, 2.24) is 29.9 Å². The Kier molecular flexibility index (Phi) is 3.14. The molecule has 6 N–H and O–H groups in total. The first-order chi connectivity index (χ1) is 8.66. The molecule has 3 heterocycles. The third-order valence-electron chi connectivity index (χ3n) is 1.95. The molecule has 18 heavy (non-hydrogen) atoms.